The molecule has 0 aromatic heterocycles. The number of nitrogens with zero attached hydrogens (tertiary/aromatic N) is 2. The number of nitrogens with one attached hydrogen (secondary N) is 1. The van der Waals surface area contributed by atoms with Crippen LogP contribution in [0.3, 0.4) is 0 Å². The maximum atomic E-state index is 13.3. The van der Waals surface area contributed by atoms with Crippen LogP contribution >= 0.6 is 0 Å². The molecule has 0 bridgehead atoms. The number of benzene rings is 2. The number of nitrogens with two attached hydrogens (primary N) is 1. The molecule has 2 aromatic rings. The highest BCUT2D eigenvalue weighted by atomic mass is 16.2. The van der Waals surface area contributed by atoms with Crippen LogP contribution in [0.25, 0.3) is 0 Å². The van der Waals surface area contributed by atoms with Gasteiger partial charge in [-0.05, 0) is 28.7 Å². The molecule has 1 saturated heterocycles. The molecule has 3 amide bonds. The summed E-state index contributed by atoms with van der Waals surface area (Å²) in [6, 6.07) is 13.5. The van der Waals surface area contributed by atoms with Crippen molar-refractivity contribution in [2.75, 3.05) is 6.54 Å². The Balaban J connectivity index is 1.38. The van der Waals surface area contributed by atoms with E-state index in [9.17, 15) is 14.4 Å². The minimum absolute atomic E-state index is 0.0533. The standard InChI is InChI=1S/C23H24N4O3/c24-18-13-26(10-14-4-1-2-7-17(14)18)11-15-5-3-6-16-12-27(23(30)21(15)16)19-8-9-20(28)25-22(19)29/h1-7,18-19H,8-13,24H2,(H,25,28,29). The van der Waals surface area contributed by atoms with E-state index in [1.54, 1.807) is 4.90 Å². The van der Waals surface area contributed by atoms with E-state index in [0.29, 0.717) is 25.1 Å². The first-order chi connectivity index (χ1) is 14.5. The van der Waals surface area contributed by atoms with Crippen molar-refractivity contribution in [3.05, 3.63) is 70.3 Å². The Morgan fingerprint density at radius 1 is 1.00 bits per heavy atom. The maximum absolute atomic E-state index is 13.3. The first-order valence-electron chi connectivity index (χ1n) is 10.3. The molecule has 1 fully saturated rings. The molecule has 3 aliphatic heterocycles. The van der Waals surface area contributed by atoms with Crippen LogP contribution in [0.4, 0.5) is 0 Å². The minimum atomic E-state index is -0.592. The summed E-state index contributed by atoms with van der Waals surface area (Å²) in [5, 5.41) is 2.35. The average Bonchev–Trinajstić information content (AvgIpc) is 3.05. The normalized spacial score (nSPS) is 23.9. The zero-order valence-corrected chi connectivity index (χ0v) is 16.6. The zero-order chi connectivity index (χ0) is 20.8. The Hall–Kier alpha value is -3.03. The molecule has 3 N–H and O–H groups in total. The van der Waals surface area contributed by atoms with Crippen LogP contribution in [0.1, 0.15) is 51.5 Å². The fourth-order valence-corrected chi connectivity index (χ4v) is 4.90. The monoisotopic (exact) mass is 404 g/mol. The summed E-state index contributed by atoms with van der Waals surface area (Å²) < 4.78 is 0. The molecule has 0 saturated carbocycles. The highest BCUT2D eigenvalue weighted by Gasteiger charge is 2.40. The summed E-state index contributed by atoms with van der Waals surface area (Å²) in [6.07, 6.45) is 0.631. The van der Waals surface area contributed by atoms with Crippen molar-refractivity contribution in [2.24, 2.45) is 5.73 Å². The highest BCUT2D eigenvalue weighted by molar-refractivity contribution is 6.06. The van der Waals surface area contributed by atoms with E-state index in [-0.39, 0.29) is 30.2 Å². The van der Waals surface area contributed by atoms with Crippen molar-refractivity contribution in [2.45, 2.75) is 44.6 Å². The van der Waals surface area contributed by atoms with Crippen molar-refractivity contribution in [1.82, 2.24) is 15.1 Å². The predicted molar refractivity (Wildman–Crippen MR) is 110 cm³/mol. The molecule has 7 heteroatoms. The van der Waals surface area contributed by atoms with Gasteiger partial charge >= 0.3 is 0 Å². The van der Waals surface area contributed by atoms with Crippen LogP contribution in [0.2, 0.25) is 0 Å². The number of carbonyl (C=O) groups is 3. The van der Waals surface area contributed by atoms with Crippen molar-refractivity contribution in [3.63, 3.8) is 0 Å². The summed E-state index contributed by atoms with van der Waals surface area (Å²) in [6.45, 7) is 2.54. The second-order valence-corrected chi connectivity index (χ2v) is 8.33. The quantitative estimate of drug-likeness (QED) is 0.756. The SMILES string of the molecule is NC1CN(Cc2cccc3c2C(=O)N(C2CCC(=O)NC2=O)C3)Cc2ccccc21. The zero-order valence-electron chi connectivity index (χ0n) is 16.6. The Bertz CT molecular complexity index is 1050. The summed E-state index contributed by atoms with van der Waals surface area (Å²) in [7, 11) is 0. The van der Waals surface area contributed by atoms with Gasteiger partial charge in [-0.1, -0.05) is 42.5 Å². The maximum Gasteiger partial charge on any atom is 0.255 e. The Morgan fingerprint density at radius 2 is 1.80 bits per heavy atom. The number of hydrogen-bond donors (Lipinski definition) is 2. The molecule has 0 spiro atoms. The van der Waals surface area contributed by atoms with Gasteiger partial charge in [-0.25, -0.2) is 0 Å². The van der Waals surface area contributed by atoms with Crippen molar-refractivity contribution >= 4 is 17.7 Å². The summed E-state index contributed by atoms with van der Waals surface area (Å²) in [4.78, 5) is 40.9. The van der Waals surface area contributed by atoms with Crippen LogP contribution in [0.5, 0.6) is 0 Å². The van der Waals surface area contributed by atoms with Crippen LogP contribution in [-0.4, -0.2) is 40.1 Å². The van der Waals surface area contributed by atoms with E-state index in [1.807, 2.05) is 30.3 Å². The van der Waals surface area contributed by atoms with Crippen LogP contribution in [-0.2, 0) is 29.2 Å². The highest BCUT2D eigenvalue weighted by Crippen LogP contribution is 2.32. The van der Waals surface area contributed by atoms with E-state index in [0.717, 1.165) is 24.2 Å². The number of hydrogen-bond acceptors (Lipinski definition) is 5. The molecule has 2 unspecified atom stereocenters. The molecule has 2 atom stereocenters. The molecule has 7 nitrogen and oxygen atoms in total. The fourth-order valence-electron chi connectivity index (χ4n) is 4.90. The van der Waals surface area contributed by atoms with Crippen molar-refractivity contribution in [3.8, 4) is 0 Å². The van der Waals surface area contributed by atoms with E-state index >= 15 is 0 Å². The van der Waals surface area contributed by atoms with Gasteiger partial charge < -0.3 is 10.6 Å². The van der Waals surface area contributed by atoms with Gasteiger partial charge in [0.05, 0.1) is 0 Å². The van der Waals surface area contributed by atoms with Gasteiger partial charge in [-0.15, -0.1) is 0 Å². The number of imide groups is 1. The smallest absolute Gasteiger partial charge is 0.255 e. The molecule has 3 aliphatic rings. The van der Waals surface area contributed by atoms with Gasteiger partial charge in [0, 0.05) is 44.2 Å². The third-order valence-corrected chi connectivity index (χ3v) is 6.34. The van der Waals surface area contributed by atoms with Crippen LogP contribution in [0.15, 0.2) is 42.5 Å². The van der Waals surface area contributed by atoms with Gasteiger partial charge in [0.1, 0.15) is 6.04 Å². The lowest BCUT2D eigenvalue weighted by atomic mass is 9.95. The molecule has 154 valence electrons. The van der Waals surface area contributed by atoms with Gasteiger partial charge in [0.25, 0.3) is 5.91 Å². The first-order valence-corrected chi connectivity index (χ1v) is 10.3. The van der Waals surface area contributed by atoms with E-state index in [4.69, 9.17) is 5.73 Å². The molecule has 5 rings (SSSR count). The third kappa shape index (κ3) is 3.20. The van der Waals surface area contributed by atoms with Crippen molar-refractivity contribution in [1.29, 1.82) is 0 Å². The fraction of sp³-hybridized carbons (Fsp3) is 0.348. The number of piperidine rings is 1. The van der Waals surface area contributed by atoms with E-state index in [2.05, 4.69) is 22.3 Å². The largest absolute Gasteiger partial charge is 0.323 e. The second-order valence-electron chi connectivity index (χ2n) is 8.33. The van der Waals surface area contributed by atoms with Gasteiger partial charge in [-0.2, -0.15) is 0 Å². The lowest BCUT2D eigenvalue weighted by Gasteiger charge is -2.33. The molecule has 2 aromatic carbocycles. The molecule has 0 radical (unpaired) electrons. The summed E-state index contributed by atoms with van der Waals surface area (Å²) in [5.41, 5.74) is 11.4. The number of rotatable bonds is 3. The van der Waals surface area contributed by atoms with E-state index < -0.39 is 6.04 Å². The molecule has 30 heavy (non-hydrogen) atoms. The number of amides is 3. The second kappa shape index (κ2) is 7.34. The summed E-state index contributed by atoms with van der Waals surface area (Å²) >= 11 is 0. The Kier molecular flexibility index (Phi) is 4.64. The number of fused-ring (bicyclic) bond motifs is 2. The average molecular weight is 404 g/mol. The first kappa shape index (κ1) is 19.0. The predicted octanol–water partition coefficient (Wildman–Crippen LogP) is 1.46. The van der Waals surface area contributed by atoms with Gasteiger partial charge in [0.15, 0.2) is 0 Å². The molecule has 0 aliphatic carbocycles. The Labute approximate surface area is 174 Å². The lowest BCUT2D eigenvalue weighted by Crippen LogP contribution is -2.52. The summed E-state index contributed by atoms with van der Waals surface area (Å²) in [5.74, 6) is -0.785. The van der Waals surface area contributed by atoms with E-state index in [1.165, 1.54) is 11.1 Å². The molecular weight excluding hydrogens is 380 g/mol. The molecule has 3 heterocycles. The van der Waals surface area contributed by atoms with Crippen LogP contribution in [0, 0.1) is 0 Å². The number of carbonyl (C=O) groups excluding carboxylic acids is 3. The van der Waals surface area contributed by atoms with Gasteiger partial charge in [-0.3, -0.25) is 24.6 Å². The topological polar surface area (TPSA) is 95.7 Å². The molecular formula is C23H24N4O3. The van der Waals surface area contributed by atoms with Crippen molar-refractivity contribution < 1.29 is 14.4 Å². The van der Waals surface area contributed by atoms with Crippen LogP contribution < -0.4 is 11.1 Å². The Morgan fingerprint density at radius 3 is 2.63 bits per heavy atom. The minimum Gasteiger partial charge on any atom is -0.323 e. The van der Waals surface area contributed by atoms with Gasteiger partial charge in [0.2, 0.25) is 11.8 Å². The lowest BCUT2D eigenvalue weighted by molar-refractivity contribution is -0.136. The third-order valence-electron chi connectivity index (χ3n) is 6.34.